The van der Waals surface area contributed by atoms with Crippen molar-refractivity contribution in [3.8, 4) is 11.5 Å². The van der Waals surface area contributed by atoms with Crippen LogP contribution in [0.2, 0.25) is 0 Å². The normalized spacial score (nSPS) is 14.0. The van der Waals surface area contributed by atoms with Crippen molar-refractivity contribution in [2.75, 3.05) is 23.9 Å². The summed E-state index contributed by atoms with van der Waals surface area (Å²) in [5, 5.41) is 5.98. The largest absolute Gasteiger partial charge is 0.495 e. The molecule has 4 rings (SSSR count). The Bertz CT molecular complexity index is 1310. The molecule has 3 aromatic rings. The Kier molecular flexibility index (Phi) is 11.3. The maximum absolute atomic E-state index is 14.1. The van der Waals surface area contributed by atoms with Gasteiger partial charge in [-0.1, -0.05) is 49.6 Å². The fourth-order valence-electron chi connectivity index (χ4n) is 5.27. The third kappa shape index (κ3) is 8.31. The van der Waals surface area contributed by atoms with E-state index in [1.165, 1.54) is 12.0 Å². The summed E-state index contributed by atoms with van der Waals surface area (Å²) in [5.74, 6) is 0.839. The second-order valence-electron chi connectivity index (χ2n) is 10.3. The molecule has 3 amide bonds. The second kappa shape index (κ2) is 15.6. The van der Waals surface area contributed by atoms with Crippen molar-refractivity contribution < 1.29 is 23.9 Å². The third-order valence-corrected chi connectivity index (χ3v) is 7.31. The zero-order chi connectivity index (χ0) is 29.7. The molecule has 1 saturated carbocycles. The van der Waals surface area contributed by atoms with Gasteiger partial charge in [-0.25, -0.2) is 4.98 Å². The Morgan fingerprint density at radius 1 is 0.952 bits per heavy atom. The van der Waals surface area contributed by atoms with Crippen molar-refractivity contribution in [1.82, 2.24) is 10.3 Å². The number of nitrogens with zero attached hydrogens (tertiary/aromatic N) is 2. The van der Waals surface area contributed by atoms with E-state index in [0.29, 0.717) is 41.6 Å². The maximum Gasteiger partial charge on any atom is 0.248 e. The van der Waals surface area contributed by atoms with Gasteiger partial charge in [0.2, 0.25) is 17.7 Å². The van der Waals surface area contributed by atoms with Gasteiger partial charge in [0.25, 0.3) is 0 Å². The predicted molar refractivity (Wildman–Crippen MR) is 163 cm³/mol. The Morgan fingerprint density at radius 3 is 2.38 bits per heavy atom. The Labute approximate surface area is 247 Å². The lowest BCUT2D eigenvalue weighted by Crippen LogP contribution is -2.47. The quantitative estimate of drug-likeness (QED) is 0.267. The maximum atomic E-state index is 14.1. The van der Waals surface area contributed by atoms with Crippen LogP contribution in [0.4, 0.5) is 11.5 Å². The first-order chi connectivity index (χ1) is 20.5. The molecule has 0 spiro atoms. The van der Waals surface area contributed by atoms with Crippen molar-refractivity contribution in [1.29, 1.82) is 0 Å². The van der Waals surface area contributed by atoms with Crippen molar-refractivity contribution in [2.24, 2.45) is 0 Å². The highest BCUT2D eigenvalue weighted by Crippen LogP contribution is 2.36. The number of nitrogens with one attached hydrogen (secondary N) is 2. The standard InChI is InChI=1S/C33H40N4O5/c1-3-42-26-21-19-24(20-22-26)32(33(40)35-25-12-5-4-6-13-25)37(27-14-7-8-15-28(27)41-2)31(39)18-11-17-30(38)36-29-16-9-10-23-34-29/h7-10,14-16,19-23,25,32H,3-6,11-13,17-18H2,1-2H3,(H,35,40)(H,34,36,38)/t32-/m0/s1. The van der Waals surface area contributed by atoms with Gasteiger partial charge in [0.05, 0.1) is 19.4 Å². The number of rotatable bonds is 13. The van der Waals surface area contributed by atoms with Gasteiger partial charge < -0.3 is 20.1 Å². The minimum absolute atomic E-state index is 0.0535. The molecule has 9 nitrogen and oxygen atoms in total. The Hall–Kier alpha value is -4.40. The lowest BCUT2D eigenvalue weighted by Gasteiger charge is -2.34. The molecule has 2 aromatic carbocycles. The van der Waals surface area contributed by atoms with E-state index in [1.54, 1.807) is 36.5 Å². The Balaban J connectivity index is 1.62. The van der Waals surface area contributed by atoms with E-state index >= 15 is 0 Å². The van der Waals surface area contributed by atoms with Gasteiger partial charge in [0.1, 0.15) is 23.4 Å². The van der Waals surface area contributed by atoms with Crippen molar-refractivity contribution in [2.45, 2.75) is 70.4 Å². The highest BCUT2D eigenvalue weighted by Gasteiger charge is 2.35. The number of aromatic nitrogens is 1. The first-order valence-electron chi connectivity index (χ1n) is 14.7. The van der Waals surface area contributed by atoms with E-state index in [9.17, 15) is 14.4 Å². The number of para-hydroxylation sites is 2. The van der Waals surface area contributed by atoms with Crippen LogP contribution in [0.5, 0.6) is 11.5 Å². The number of hydrogen-bond donors (Lipinski definition) is 2. The molecule has 0 unspecified atom stereocenters. The molecule has 1 heterocycles. The van der Waals surface area contributed by atoms with Crippen LogP contribution in [0.25, 0.3) is 0 Å². The van der Waals surface area contributed by atoms with Crippen LogP contribution in [0.3, 0.4) is 0 Å². The van der Waals surface area contributed by atoms with E-state index in [-0.39, 0.29) is 36.6 Å². The fraction of sp³-hybridized carbons (Fsp3) is 0.394. The number of anilines is 2. The number of carbonyl (C=O) groups is 3. The molecular weight excluding hydrogens is 532 g/mol. The molecule has 222 valence electrons. The minimum atomic E-state index is -0.950. The molecule has 0 aliphatic heterocycles. The SMILES string of the molecule is CCOc1ccc([C@@H](C(=O)NC2CCCCC2)N(C(=O)CCCC(=O)Nc2ccccn2)c2ccccc2OC)cc1. The lowest BCUT2D eigenvalue weighted by atomic mass is 9.94. The molecule has 1 atom stereocenters. The van der Waals surface area contributed by atoms with Crippen LogP contribution in [0, 0.1) is 0 Å². The number of pyridine rings is 1. The molecule has 2 N–H and O–H groups in total. The number of amides is 3. The predicted octanol–water partition coefficient (Wildman–Crippen LogP) is 5.82. The van der Waals surface area contributed by atoms with Crippen LogP contribution < -0.4 is 25.0 Å². The average Bonchev–Trinajstić information content (AvgIpc) is 3.01. The molecule has 1 fully saturated rings. The highest BCUT2D eigenvalue weighted by atomic mass is 16.5. The van der Waals surface area contributed by atoms with Gasteiger partial charge in [-0.2, -0.15) is 0 Å². The number of carbonyl (C=O) groups excluding carboxylic acids is 3. The van der Waals surface area contributed by atoms with Crippen LogP contribution in [-0.2, 0) is 14.4 Å². The summed E-state index contributed by atoms with van der Waals surface area (Å²) in [4.78, 5) is 46.3. The highest BCUT2D eigenvalue weighted by molar-refractivity contribution is 6.02. The third-order valence-electron chi connectivity index (χ3n) is 7.31. The molecule has 0 radical (unpaired) electrons. The second-order valence-corrected chi connectivity index (χ2v) is 10.3. The average molecular weight is 573 g/mol. The molecule has 1 aliphatic carbocycles. The fourth-order valence-corrected chi connectivity index (χ4v) is 5.27. The molecule has 9 heteroatoms. The summed E-state index contributed by atoms with van der Waals surface area (Å²) in [7, 11) is 1.54. The van der Waals surface area contributed by atoms with Crippen molar-refractivity contribution in [3.63, 3.8) is 0 Å². The van der Waals surface area contributed by atoms with Crippen LogP contribution in [-0.4, -0.2) is 42.5 Å². The topological polar surface area (TPSA) is 110 Å². The number of ether oxygens (including phenoxy) is 2. The molecule has 0 bridgehead atoms. The molecule has 0 saturated heterocycles. The molecule has 1 aromatic heterocycles. The summed E-state index contributed by atoms with van der Waals surface area (Å²) in [6.45, 7) is 2.43. The van der Waals surface area contributed by atoms with E-state index in [0.717, 1.165) is 32.1 Å². The number of methoxy groups -OCH3 is 1. The van der Waals surface area contributed by atoms with Gasteiger partial charge in [-0.3, -0.25) is 19.3 Å². The summed E-state index contributed by atoms with van der Waals surface area (Å²) < 4.78 is 11.3. The number of benzene rings is 2. The zero-order valence-corrected chi connectivity index (χ0v) is 24.4. The van der Waals surface area contributed by atoms with Crippen LogP contribution >= 0.6 is 0 Å². The van der Waals surface area contributed by atoms with Crippen molar-refractivity contribution in [3.05, 3.63) is 78.5 Å². The van der Waals surface area contributed by atoms with E-state index < -0.39 is 6.04 Å². The molecular formula is C33H40N4O5. The lowest BCUT2D eigenvalue weighted by molar-refractivity contribution is -0.127. The summed E-state index contributed by atoms with van der Waals surface area (Å²) >= 11 is 0. The van der Waals surface area contributed by atoms with Gasteiger partial charge in [-0.15, -0.1) is 0 Å². The molecule has 42 heavy (non-hydrogen) atoms. The summed E-state index contributed by atoms with van der Waals surface area (Å²) in [6.07, 6.45) is 7.19. The van der Waals surface area contributed by atoms with Crippen LogP contribution in [0.15, 0.2) is 72.9 Å². The summed E-state index contributed by atoms with van der Waals surface area (Å²) in [5.41, 5.74) is 1.14. The smallest absolute Gasteiger partial charge is 0.248 e. The van der Waals surface area contributed by atoms with Gasteiger partial charge in [-0.05, 0) is 68.1 Å². The van der Waals surface area contributed by atoms with Gasteiger partial charge in [0, 0.05) is 25.1 Å². The first kappa shape index (κ1) is 30.6. The van der Waals surface area contributed by atoms with E-state index in [2.05, 4.69) is 15.6 Å². The zero-order valence-electron chi connectivity index (χ0n) is 24.4. The van der Waals surface area contributed by atoms with Crippen LogP contribution in [0.1, 0.15) is 69.9 Å². The van der Waals surface area contributed by atoms with E-state index in [1.807, 2.05) is 43.3 Å². The van der Waals surface area contributed by atoms with Crippen molar-refractivity contribution >= 4 is 29.2 Å². The monoisotopic (exact) mass is 572 g/mol. The van der Waals surface area contributed by atoms with Gasteiger partial charge >= 0.3 is 0 Å². The molecule has 1 aliphatic rings. The first-order valence-corrected chi connectivity index (χ1v) is 14.7. The summed E-state index contributed by atoms with van der Waals surface area (Å²) in [6, 6.07) is 18.8. The van der Waals surface area contributed by atoms with Gasteiger partial charge in [0.15, 0.2) is 0 Å². The van der Waals surface area contributed by atoms with E-state index in [4.69, 9.17) is 9.47 Å². The minimum Gasteiger partial charge on any atom is -0.495 e. The Morgan fingerprint density at radius 2 is 1.69 bits per heavy atom. The number of hydrogen-bond acceptors (Lipinski definition) is 6.